The van der Waals surface area contributed by atoms with Crippen molar-refractivity contribution >= 4 is 5.69 Å². The van der Waals surface area contributed by atoms with E-state index in [1.54, 1.807) is 0 Å². The molecule has 2 rings (SSSR count). The molecule has 1 fully saturated rings. The van der Waals surface area contributed by atoms with Crippen LogP contribution in [0.25, 0.3) is 0 Å². The average Bonchev–Trinajstić information content (AvgIpc) is 2.57. The number of hydrogen-bond donors (Lipinski definition) is 2. The molecule has 1 aromatic heterocycles. The van der Waals surface area contributed by atoms with Crippen LogP contribution in [0.5, 0.6) is 0 Å². The summed E-state index contributed by atoms with van der Waals surface area (Å²) in [5, 5.41) is 3.21. The summed E-state index contributed by atoms with van der Waals surface area (Å²) in [6, 6.07) is 0.0722. The zero-order valence-electron chi connectivity index (χ0n) is 7.26. The van der Waals surface area contributed by atoms with E-state index in [1.165, 1.54) is 12.4 Å². The summed E-state index contributed by atoms with van der Waals surface area (Å²) in [7, 11) is 0. The average molecular weight is 181 g/mol. The Morgan fingerprint density at radius 3 is 3.00 bits per heavy atom. The molecule has 0 aromatic carbocycles. The number of aromatic nitrogens is 1. The van der Waals surface area contributed by atoms with Crippen LogP contribution in [-0.4, -0.2) is 11.5 Å². The number of nitrogens with zero attached hydrogens (tertiary/aromatic N) is 1. The Hall–Kier alpha value is -1.16. The van der Waals surface area contributed by atoms with Crippen molar-refractivity contribution < 1.29 is 4.39 Å². The maximum atomic E-state index is 13.3. The Morgan fingerprint density at radius 1 is 1.54 bits per heavy atom. The molecule has 4 heteroatoms. The lowest BCUT2D eigenvalue weighted by Crippen LogP contribution is -2.16. The predicted molar refractivity (Wildman–Crippen MR) is 48.6 cm³/mol. The molecule has 0 spiro atoms. The highest BCUT2D eigenvalue weighted by Gasteiger charge is 2.21. The number of pyridine rings is 1. The number of halogens is 1. The van der Waals surface area contributed by atoms with Crippen molar-refractivity contribution in [1.29, 1.82) is 0 Å². The van der Waals surface area contributed by atoms with E-state index in [-0.39, 0.29) is 11.9 Å². The zero-order chi connectivity index (χ0) is 9.26. The first-order valence-corrected chi connectivity index (χ1v) is 4.41. The molecule has 1 aliphatic heterocycles. The summed E-state index contributed by atoms with van der Waals surface area (Å²) in [4.78, 5) is 3.69. The van der Waals surface area contributed by atoms with Crippen LogP contribution in [0.1, 0.15) is 24.4 Å². The third-order valence-corrected chi connectivity index (χ3v) is 2.38. The summed E-state index contributed by atoms with van der Waals surface area (Å²) >= 11 is 0. The van der Waals surface area contributed by atoms with Gasteiger partial charge in [-0.2, -0.15) is 0 Å². The van der Waals surface area contributed by atoms with E-state index in [0.717, 1.165) is 19.4 Å². The molecule has 3 N–H and O–H groups in total. The van der Waals surface area contributed by atoms with E-state index in [0.29, 0.717) is 11.3 Å². The van der Waals surface area contributed by atoms with Crippen molar-refractivity contribution in [3.05, 3.63) is 23.8 Å². The minimum absolute atomic E-state index is 0.0722. The maximum absolute atomic E-state index is 13.3. The molecule has 1 atom stereocenters. The third kappa shape index (κ3) is 1.49. The topological polar surface area (TPSA) is 50.9 Å². The van der Waals surface area contributed by atoms with Gasteiger partial charge >= 0.3 is 0 Å². The maximum Gasteiger partial charge on any atom is 0.148 e. The molecule has 3 nitrogen and oxygen atoms in total. The van der Waals surface area contributed by atoms with E-state index in [2.05, 4.69) is 10.3 Å². The highest BCUT2D eigenvalue weighted by Crippen LogP contribution is 2.28. The van der Waals surface area contributed by atoms with Crippen LogP contribution in [0.15, 0.2) is 12.4 Å². The Bertz CT molecular complexity index is 287. The van der Waals surface area contributed by atoms with Crippen LogP contribution in [0.3, 0.4) is 0 Å². The fraction of sp³-hybridized carbons (Fsp3) is 0.444. The molecule has 1 unspecified atom stereocenters. The van der Waals surface area contributed by atoms with E-state index in [9.17, 15) is 4.39 Å². The van der Waals surface area contributed by atoms with Gasteiger partial charge in [0, 0.05) is 11.6 Å². The van der Waals surface area contributed by atoms with E-state index < -0.39 is 0 Å². The lowest BCUT2D eigenvalue weighted by Gasteiger charge is -2.13. The first-order chi connectivity index (χ1) is 6.29. The van der Waals surface area contributed by atoms with Gasteiger partial charge in [0.25, 0.3) is 0 Å². The Morgan fingerprint density at radius 2 is 2.38 bits per heavy atom. The van der Waals surface area contributed by atoms with Gasteiger partial charge in [0.1, 0.15) is 5.82 Å². The largest absolute Gasteiger partial charge is 0.397 e. The second-order valence-electron chi connectivity index (χ2n) is 3.27. The van der Waals surface area contributed by atoms with E-state index in [4.69, 9.17) is 5.73 Å². The third-order valence-electron chi connectivity index (χ3n) is 2.38. The van der Waals surface area contributed by atoms with Gasteiger partial charge in [-0.15, -0.1) is 0 Å². The molecule has 0 amide bonds. The number of nitrogens with one attached hydrogen (secondary N) is 1. The number of rotatable bonds is 1. The smallest absolute Gasteiger partial charge is 0.148 e. The summed E-state index contributed by atoms with van der Waals surface area (Å²) in [5.41, 5.74) is 6.68. The van der Waals surface area contributed by atoms with Crippen molar-refractivity contribution in [2.75, 3.05) is 12.3 Å². The fourth-order valence-electron chi connectivity index (χ4n) is 1.76. The summed E-state index contributed by atoms with van der Waals surface area (Å²) in [6.45, 7) is 0.936. The van der Waals surface area contributed by atoms with Gasteiger partial charge in [-0.05, 0) is 19.4 Å². The van der Waals surface area contributed by atoms with Gasteiger partial charge in [0.2, 0.25) is 0 Å². The molecule has 13 heavy (non-hydrogen) atoms. The van der Waals surface area contributed by atoms with Crippen LogP contribution in [0.4, 0.5) is 10.1 Å². The van der Waals surface area contributed by atoms with E-state index >= 15 is 0 Å². The molecular formula is C9H12FN3. The summed E-state index contributed by atoms with van der Waals surface area (Å²) in [5.74, 6) is -0.306. The molecule has 1 aliphatic rings. The Labute approximate surface area is 76.2 Å². The van der Waals surface area contributed by atoms with Gasteiger partial charge in [-0.1, -0.05) is 0 Å². The van der Waals surface area contributed by atoms with Crippen LogP contribution in [0.2, 0.25) is 0 Å². The second-order valence-corrected chi connectivity index (χ2v) is 3.27. The van der Waals surface area contributed by atoms with Crippen molar-refractivity contribution in [2.45, 2.75) is 18.9 Å². The Balaban J connectivity index is 2.37. The van der Waals surface area contributed by atoms with Crippen LogP contribution < -0.4 is 11.1 Å². The van der Waals surface area contributed by atoms with Crippen molar-refractivity contribution in [2.24, 2.45) is 0 Å². The van der Waals surface area contributed by atoms with Gasteiger partial charge in [0.15, 0.2) is 0 Å². The quantitative estimate of drug-likeness (QED) is 0.685. The van der Waals surface area contributed by atoms with Crippen LogP contribution in [0, 0.1) is 5.82 Å². The molecule has 70 valence electrons. The molecule has 0 saturated carbocycles. The molecule has 2 heterocycles. The minimum atomic E-state index is -0.306. The lowest BCUT2D eigenvalue weighted by atomic mass is 10.0. The highest BCUT2D eigenvalue weighted by atomic mass is 19.1. The first kappa shape index (κ1) is 8.44. The van der Waals surface area contributed by atoms with Gasteiger partial charge in [0.05, 0.1) is 18.1 Å². The number of anilines is 1. The second kappa shape index (κ2) is 3.30. The molecule has 0 radical (unpaired) electrons. The normalized spacial score (nSPS) is 22.1. The van der Waals surface area contributed by atoms with E-state index in [1.807, 2.05) is 0 Å². The molecule has 1 aromatic rings. The molecule has 1 saturated heterocycles. The standard InChI is InChI=1S/C9H12FN3/c10-6-4-12-5-7(11)9(6)8-2-1-3-13-8/h4-5,8,13H,1-3,11H2. The molecule has 0 bridgehead atoms. The monoisotopic (exact) mass is 181 g/mol. The van der Waals surface area contributed by atoms with Gasteiger partial charge in [-0.25, -0.2) is 4.39 Å². The van der Waals surface area contributed by atoms with Crippen molar-refractivity contribution in [3.63, 3.8) is 0 Å². The van der Waals surface area contributed by atoms with Crippen molar-refractivity contribution in [3.8, 4) is 0 Å². The molecular weight excluding hydrogens is 169 g/mol. The minimum Gasteiger partial charge on any atom is -0.397 e. The van der Waals surface area contributed by atoms with Crippen LogP contribution in [-0.2, 0) is 0 Å². The van der Waals surface area contributed by atoms with Gasteiger partial charge in [-0.3, -0.25) is 4.98 Å². The lowest BCUT2D eigenvalue weighted by molar-refractivity contribution is 0.556. The molecule has 0 aliphatic carbocycles. The first-order valence-electron chi connectivity index (χ1n) is 4.41. The summed E-state index contributed by atoms with van der Waals surface area (Å²) < 4.78 is 13.3. The Kier molecular flexibility index (Phi) is 2.14. The highest BCUT2D eigenvalue weighted by molar-refractivity contribution is 5.46. The number of nitrogen functional groups attached to an aromatic ring is 1. The van der Waals surface area contributed by atoms with Crippen LogP contribution >= 0.6 is 0 Å². The fourth-order valence-corrected chi connectivity index (χ4v) is 1.76. The van der Waals surface area contributed by atoms with Crippen molar-refractivity contribution in [1.82, 2.24) is 10.3 Å². The zero-order valence-corrected chi connectivity index (χ0v) is 7.26. The SMILES string of the molecule is Nc1cncc(F)c1C1CCCN1. The number of hydrogen-bond acceptors (Lipinski definition) is 3. The predicted octanol–water partition coefficient (Wildman–Crippen LogP) is 1.23. The number of nitrogens with two attached hydrogens (primary N) is 1. The van der Waals surface area contributed by atoms with Gasteiger partial charge < -0.3 is 11.1 Å². The summed E-state index contributed by atoms with van der Waals surface area (Å²) in [6.07, 6.45) is 4.74.